The summed E-state index contributed by atoms with van der Waals surface area (Å²) in [4.78, 5) is 0. The van der Waals surface area contributed by atoms with E-state index in [2.05, 4.69) is 52.4 Å². The lowest BCUT2D eigenvalue weighted by Gasteiger charge is -2.61. The second-order valence-corrected chi connectivity index (χ2v) is 80.1. The van der Waals surface area contributed by atoms with Crippen LogP contribution >= 0.6 is 0 Å². The van der Waals surface area contributed by atoms with Gasteiger partial charge >= 0.3 is 88.5 Å². The highest BCUT2D eigenvalue weighted by Crippen LogP contribution is 2.50. The molecule has 0 N–H and O–H groups in total. The maximum atomic E-state index is 9.06. The predicted molar refractivity (Wildman–Crippen MR) is 476 cm³/mol. The average Bonchev–Trinajstić information content (AvgIpc) is 1.62. The highest BCUT2D eigenvalue weighted by atomic mass is 28.6. The van der Waals surface area contributed by atoms with E-state index >= 15 is 0 Å². The van der Waals surface area contributed by atoms with Crippen LogP contribution in [0.25, 0.3) is 0 Å². The van der Waals surface area contributed by atoms with Gasteiger partial charge in [0.15, 0.2) is 33.3 Å². The molecular formula is C80H108O26Si14. The number of epoxide rings is 4. The van der Waals surface area contributed by atoms with E-state index in [1.165, 1.54) is 0 Å². The van der Waals surface area contributed by atoms with E-state index in [1.807, 2.05) is 243 Å². The zero-order chi connectivity index (χ0) is 82.7. The third kappa shape index (κ3) is 20.8. The van der Waals surface area contributed by atoms with Crippen LogP contribution in [0.15, 0.2) is 243 Å². The molecule has 0 spiro atoms. The van der Waals surface area contributed by atoms with Crippen LogP contribution in [0.5, 0.6) is 0 Å². The molecule has 120 heavy (non-hydrogen) atoms. The molecule has 8 aromatic rings. The largest absolute Gasteiger partial charge is 0.643 e. The van der Waals surface area contributed by atoms with Crippen LogP contribution in [0.2, 0.25) is 76.6 Å². The minimum Gasteiger partial charge on any atom is -0.395 e. The van der Waals surface area contributed by atoms with E-state index in [-0.39, 0.29) is 24.4 Å². The van der Waals surface area contributed by atoms with E-state index in [9.17, 15) is 0 Å². The quantitative estimate of drug-likeness (QED) is 0.0200. The van der Waals surface area contributed by atoms with E-state index < -0.39 is 122 Å². The first-order valence-electron chi connectivity index (χ1n) is 41.7. The molecule has 10 saturated heterocycles. The third-order valence-corrected chi connectivity index (χ3v) is 78.6. The van der Waals surface area contributed by atoms with Crippen LogP contribution < -0.4 is 41.5 Å². The first-order valence-corrected chi connectivity index (χ1v) is 71.2. The first kappa shape index (κ1) is 87.8. The summed E-state index contributed by atoms with van der Waals surface area (Å²) in [6.45, 7) is 23.3. The summed E-state index contributed by atoms with van der Waals surface area (Å²) in [5.74, 6) is 0. The summed E-state index contributed by atoms with van der Waals surface area (Å²) in [5, 5.41) is 3.10. The van der Waals surface area contributed by atoms with Gasteiger partial charge in [-0.15, -0.1) is 0 Å². The van der Waals surface area contributed by atoms with Crippen LogP contribution in [-0.2, 0) is 112 Å². The molecule has 8 aromatic carbocycles. The Kier molecular flexibility index (Phi) is 26.7. The predicted octanol–water partition coefficient (Wildman–Crippen LogP) is 8.04. The Balaban J connectivity index is 1.03. The van der Waals surface area contributed by atoms with Crippen molar-refractivity contribution in [3.63, 3.8) is 0 Å². The highest BCUT2D eigenvalue weighted by Gasteiger charge is 2.86. The molecule has 10 aliphatic heterocycles. The minimum absolute atomic E-state index is 0.0541. The number of hydrogen-bond acceptors (Lipinski definition) is 26. The van der Waals surface area contributed by atoms with Crippen LogP contribution in [0.3, 0.4) is 0 Å². The van der Waals surface area contributed by atoms with Crippen molar-refractivity contribution in [3.8, 4) is 0 Å². The fraction of sp³-hybridized carbons (Fsp3) is 0.400. The highest BCUT2D eigenvalue weighted by molar-refractivity contribution is 7.13. The van der Waals surface area contributed by atoms with Gasteiger partial charge in [0.25, 0.3) is 0 Å². The Labute approximate surface area is 718 Å². The van der Waals surface area contributed by atoms with Crippen molar-refractivity contribution in [2.24, 2.45) is 0 Å². The number of hydrogen-bond donors (Lipinski definition) is 0. The van der Waals surface area contributed by atoms with Gasteiger partial charge in [-0.2, -0.15) is 0 Å². The molecular weight excluding hydrogens is 1770 g/mol. The third-order valence-electron chi connectivity index (χ3n) is 21.4. The number of benzene rings is 8. The van der Waals surface area contributed by atoms with E-state index in [0.29, 0.717) is 171 Å². The Morgan fingerprint density at radius 2 is 0.367 bits per heavy atom. The Morgan fingerprint density at radius 1 is 0.225 bits per heavy atom. The van der Waals surface area contributed by atoms with Crippen molar-refractivity contribution in [2.75, 3.05) is 79.3 Å². The Hall–Kier alpha value is -4.24. The topological polar surface area (TPSA) is 253 Å². The van der Waals surface area contributed by atoms with Gasteiger partial charge in [-0.3, -0.25) is 0 Å². The van der Waals surface area contributed by atoms with E-state index in [1.54, 1.807) is 0 Å². The maximum absolute atomic E-state index is 9.06. The van der Waals surface area contributed by atoms with Gasteiger partial charge in [0.2, 0.25) is 0 Å². The molecule has 18 rings (SSSR count). The SMILES string of the molecule is C[Si](C)(CCCOCC1CO1)O[Si]1(O[Si](C)(C)CCCOCC2CO2)O[Si]2(c3ccccc3)O[Si]3(c4ccccc4)O[Si]4(c5ccccc5)O[Si](O[Si](C)(C)CCCOCC5CO5)(O[Si](C)(C)CCCOCC5CO5)O[Si]5(c6ccccc6)O[Si](c6ccccc6)(O[Si](c6ccccc6)(O1)O[Si](c1ccccc1)(O5)O[Si](c1ccccc1)(O2)O4)O3. The molecule has 26 nitrogen and oxygen atoms in total. The average molecular weight is 1880 g/mol. The van der Waals surface area contributed by atoms with Crippen LogP contribution in [0.1, 0.15) is 25.7 Å². The molecule has 10 aliphatic rings. The molecule has 0 amide bonds. The summed E-state index contributed by atoms with van der Waals surface area (Å²) in [6, 6.07) is 79.1. The second kappa shape index (κ2) is 36.5. The summed E-state index contributed by atoms with van der Waals surface area (Å²) in [6.07, 6.45) is 2.55. The Bertz CT molecular complexity index is 4040. The number of ether oxygens (including phenoxy) is 8. The van der Waals surface area contributed by atoms with E-state index in [0.717, 1.165) is 0 Å². The Morgan fingerprint density at radius 3 is 0.508 bits per heavy atom. The van der Waals surface area contributed by atoms with Gasteiger partial charge in [0, 0.05) is 67.9 Å². The van der Waals surface area contributed by atoms with Crippen molar-refractivity contribution in [3.05, 3.63) is 243 Å². The first-order chi connectivity index (χ1) is 57.9. The maximum Gasteiger partial charge on any atom is 0.643 e. The van der Waals surface area contributed by atoms with E-state index in [4.69, 9.17) is 112 Å². The van der Waals surface area contributed by atoms with Crippen molar-refractivity contribution in [1.82, 2.24) is 0 Å². The molecule has 8 bridgehead atoms. The molecule has 640 valence electrons. The van der Waals surface area contributed by atoms with Crippen molar-refractivity contribution < 1.29 is 112 Å². The smallest absolute Gasteiger partial charge is 0.395 e. The minimum atomic E-state index is -5.69. The van der Waals surface area contributed by atoms with Gasteiger partial charge in [0.05, 0.1) is 52.9 Å². The molecule has 10 fully saturated rings. The second-order valence-electron chi connectivity index (χ2n) is 33.8. The lowest BCUT2D eigenvalue weighted by Crippen LogP contribution is -2.94. The van der Waals surface area contributed by atoms with Crippen LogP contribution in [0, 0.1) is 0 Å². The summed E-state index contributed by atoms with van der Waals surface area (Å²) in [7, 11) is -70.1. The normalized spacial score (nSPS) is 32.1. The van der Waals surface area contributed by atoms with Gasteiger partial charge < -0.3 is 112 Å². The molecule has 4 unspecified atom stereocenters. The molecule has 0 radical (unpaired) electrons. The molecule has 0 saturated carbocycles. The fourth-order valence-corrected chi connectivity index (χ4v) is 86.7. The van der Waals surface area contributed by atoms with Crippen molar-refractivity contribution in [2.45, 2.75) is 127 Å². The molecule has 0 aliphatic carbocycles. The number of rotatable bonds is 40. The summed E-state index contributed by atoms with van der Waals surface area (Å²) >= 11 is 0. The molecule has 40 heteroatoms. The van der Waals surface area contributed by atoms with Gasteiger partial charge in [0.1, 0.15) is 24.4 Å². The van der Waals surface area contributed by atoms with Crippen LogP contribution in [0.4, 0.5) is 0 Å². The molecule has 0 aromatic heterocycles. The van der Waals surface area contributed by atoms with Crippen molar-refractivity contribution >= 4 is 163 Å². The monoisotopic (exact) mass is 1880 g/mol. The lowest BCUT2D eigenvalue weighted by atomic mass is 10.4. The summed E-state index contributed by atoms with van der Waals surface area (Å²) in [5.41, 5.74) is 0. The zero-order valence-corrected chi connectivity index (χ0v) is 83.2. The van der Waals surface area contributed by atoms with Crippen LogP contribution in [-0.4, -0.2) is 225 Å². The van der Waals surface area contributed by atoms with Gasteiger partial charge in [-0.25, -0.2) is 0 Å². The lowest BCUT2D eigenvalue weighted by molar-refractivity contribution is -0.00683. The fourth-order valence-electron chi connectivity index (χ4n) is 15.2. The standard InChI is InChI=1S/C80H108O26Si14/c1-107(2,57-33-53-81-61-69-65-85-69)89-119(90-108(3,4)58-34-54-82-62-70-66-86-70)103-115(77-45-25-13-26-46-77)95-111(73-37-17-9-18-38-73)93-112(74-39-19-10-20-40-74)96-116(104-119,78-47-27-14-28-48-78)98-114(76-43-23-12-24-44-76)94-113(97-115,75-41-21-11-22-42-75)101-117(99-111,79-49-29-15-30-50-79)105-120(91-109(5,6)59-35-55-83-63-71-67-87-71,92-110(7,8)60-36-56-84-64-72-68-88-72)106-118(100-112,102-114)80-51-31-16-32-52-80/h9-32,37-52,69-72H,33-36,53-68H2,1-8H3. The molecule has 10 heterocycles. The van der Waals surface area contributed by atoms with Gasteiger partial charge in [-0.1, -0.05) is 243 Å². The van der Waals surface area contributed by atoms with Crippen molar-refractivity contribution in [1.29, 1.82) is 0 Å². The number of fused-ring (bicyclic) bond motifs is 4. The van der Waals surface area contributed by atoms with Gasteiger partial charge in [-0.05, 0) is 102 Å². The zero-order valence-electron chi connectivity index (χ0n) is 69.2. The summed E-state index contributed by atoms with van der Waals surface area (Å²) < 4.78 is 207. The molecule has 4 atom stereocenters.